The summed E-state index contributed by atoms with van der Waals surface area (Å²) in [5.74, 6) is 1.27. The van der Waals surface area contributed by atoms with Crippen molar-refractivity contribution in [1.82, 2.24) is 10.2 Å². The maximum Gasteiger partial charge on any atom is 0.0180 e. The molecule has 1 saturated carbocycles. The molecule has 0 aliphatic heterocycles. The summed E-state index contributed by atoms with van der Waals surface area (Å²) in [6, 6.07) is 0.746. The quantitative estimate of drug-likeness (QED) is 0.697. The fraction of sp³-hybridized carbons (Fsp3) is 1.00. The summed E-state index contributed by atoms with van der Waals surface area (Å²) in [5.41, 5.74) is 0.537. The second-order valence-electron chi connectivity index (χ2n) is 6.27. The molecule has 0 aromatic heterocycles. The van der Waals surface area contributed by atoms with Gasteiger partial charge in [0.15, 0.2) is 0 Å². The van der Waals surface area contributed by atoms with E-state index in [1.54, 1.807) is 0 Å². The van der Waals surface area contributed by atoms with E-state index >= 15 is 0 Å². The van der Waals surface area contributed by atoms with Crippen LogP contribution in [-0.4, -0.2) is 49.6 Å². The second kappa shape index (κ2) is 9.25. The second-order valence-corrected chi connectivity index (χ2v) is 7.18. The minimum absolute atomic E-state index is 0.537. The van der Waals surface area contributed by atoms with Crippen molar-refractivity contribution in [3.05, 3.63) is 0 Å². The van der Waals surface area contributed by atoms with Crippen molar-refractivity contribution in [2.45, 2.75) is 58.4 Å². The summed E-state index contributed by atoms with van der Waals surface area (Å²) in [6.07, 6.45) is 10.6. The van der Waals surface area contributed by atoms with Gasteiger partial charge in [-0.25, -0.2) is 0 Å². The Morgan fingerprint density at radius 3 is 2.42 bits per heavy atom. The Labute approximate surface area is 125 Å². The van der Waals surface area contributed by atoms with Gasteiger partial charge in [-0.2, -0.15) is 11.8 Å². The number of nitrogens with one attached hydrogen (secondary N) is 1. The normalized spacial score (nSPS) is 20.7. The summed E-state index contributed by atoms with van der Waals surface area (Å²) in [7, 11) is 2.34. The third-order valence-corrected chi connectivity index (χ3v) is 5.42. The van der Waals surface area contributed by atoms with Crippen LogP contribution in [0.4, 0.5) is 0 Å². The third kappa shape index (κ3) is 5.65. The van der Waals surface area contributed by atoms with E-state index < -0.39 is 0 Å². The first-order valence-corrected chi connectivity index (χ1v) is 9.46. The molecule has 1 fully saturated rings. The standard InChI is InChI=1S/C16H34N2S/c1-5-15(12-19-4)18(3)14-16(13-17-6-2)10-8-7-9-11-16/h15,17H,5-14H2,1-4H3. The molecule has 0 aromatic rings. The smallest absolute Gasteiger partial charge is 0.0180 e. The molecule has 0 bridgehead atoms. The number of nitrogens with zero attached hydrogens (tertiary/aromatic N) is 1. The van der Waals surface area contributed by atoms with E-state index in [9.17, 15) is 0 Å². The van der Waals surface area contributed by atoms with Crippen molar-refractivity contribution in [1.29, 1.82) is 0 Å². The van der Waals surface area contributed by atoms with Crippen LogP contribution in [0.2, 0.25) is 0 Å². The molecule has 0 radical (unpaired) electrons. The molecule has 1 rings (SSSR count). The van der Waals surface area contributed by atoms with Gasteiger partial charge in [0.2, 0.25) is 0 Å². The Kier molecular flexibility index (Phi) is 8.43. The van der Waals surface area contributed by atoms with Gasteiger partial charge in [-0.05, 0) is 44.5 Å². The number of rotatable bonds is 9. The van der Waals surface area contributed by atoms with Gasteiger partial charge in [0.25, 0.3) is 0 Å². The first-order chi connectivity index (χ1) is 9.17. The number of hydrogen-bond acceptors (Lipinski definition) is 3. The van der Waals surface area contributed by atoms with Crippen LogP contribution in [0.25, 0.3) is 0 Å². The van der Waals surface area contributed by atoms with Crippen molar-refractivity contribution in [2.75, 3.05) is 38.7 Å². The molecule has 114 valence electrons. The molecule has 0 amide bonds. The van der Waals surface area contributed by atoms with Crippen LogP contribution < -0.4 is 5.32 Å². The molecule has 1 N–H and O–H groups in total. The zero-order chi connectivity index (χ0) is 14.1. The highest BCUT2D eigenvalue weighted by atomic mass is 32.2. The van der Waals surface area contributed by atoms with Crippen LogP contribution >= 0.6 is 11.8 Å². The number of thioether (sulfide) groups is 1. The van der Waals surface area contributed by atoms with E-state index in [0.717, 1.165) is 12.6 Å². The van der Waals surface area contributed by atoms with Crippen molar-refractivity contribution in [3.8, 4) is 0 Å². The molecular weight excluding hydrogens is 252 g/mol. The van der Waals surface area contributed by atoms with Crippen LogP contribution in [0.1, 0.15) is 52.4 Å². The van der Waals surface area contributed by atoms with E-state index in [4.69, 9.17) is 0 Å². The monoisotopic (exact) mass is 286 g/mol. The Morgan fingerprint density at radius 2 is 1.89 bits per heavy atom. The average molecular weight is 287 g/mol. The molecular formula is C16H34N2S. The predicted octanol–water partition coefficient (Wildman–Crippen LogP) is 3.62. The topological polar surface area (TPSA) is 15.3 Å². The predicted molar refractivity (Wildman–Crippen MR) is 89.2 cm³/mol. The third-order valence-electron chi connectivity index (χ3n) is 4.70. The van der Waals surface area contributed by atoms with Crippen molar-refractivity contribution in [3.63, 3.8) is 0 Å². The summed E-state index contributed by atoms with van der Waals surface area (Å²) in [4.78, 5) is 2.64. The lowest BCUT2D eigenvalue weighted by molar-refractivity contribution is 0.0976. The molecule has 3 heteroatoms. The Balaban J connectivity index is 2.59. The van der Waals surface area contributed by atoms with Gasteiger partial charge in [-0.1, -0.05) is 33.1 Å². The van der Waals surface area contributed by atoms with E-state index in [-0.39, 0.29) is 0 Å². The maximum absolute atomic E-state index is 3.62. The highest BCUT2D eigenvalue weighted by Gasteiger charge is 2.33. The zero-order valence-corrected chi connectivity index (χ0v) is 14.3. The van der Waals surface area contributed by atoms with Crippen LogP contribution in [0, 0.1) is 5.41 Å². The number of hydrogen-bond donors (Lipinski definition) is 1. The van der Waals surface area contributed by atoms with Crippen molar-refractivity contribution in [2.24, 2.45) is 5.41 Å². The van der Waals surface area contributed by atoms with Gasteiger partial charge >= 0.3 is 0 Å². The summed E-state index contributed by atoms with van der Waals surface area (Å²) >= 11 is 1.98. The lowest BCUT2D eigenvalue weighted by Gasteiger charge is -2.42. The first kappa shape index (κ1) is 17.3. The highest BCUT2D eigenvalue weighted by Crippen LogP contribution is 2.37. The van der Waals surface area contributed by atoms with Gasteiger partial charge in [0.1, 0.15) is 0 Å². The zero-order valence-electron chi connectivity index (χ0n) is 13.5. The van der Waals surface area contributed by atoms with Gasteiger partial charge in [-0.15, -0.1) is 0 Å². The van der Waals surface area contributed by atoms with E-state index in [1.165, 1.54) is 57.4 Å². The Hall–Kier alpha value is 0.270. The van der Waals surface area contributed by atoms with E-state index in [2.05, 4.69) is 37.4 Å². The molecule has 0 heterocycles. The summed E-state index contributed by atoms with van der Waals surface area (Å²) in [6.45, 7) is 8.15. The molecule has 2 nitrogen and oxygen atoms in total. The van der Waals surface area contributed by atoms with E-state index in [1.807, 2.05) is 11.8 Å². The van der Waals surface area contributed by atoms with Crippen molar-refractivity contribution >= 4 is 11.8 Å². The molecule has 1 aliphatic carbocycles. The SMILES string of the molecule is CCNCC1(CN(C)C(CC)CSC)CCCCC1. The highest BCUT2D eigenvalue weighted by molar-refractivity contribution is 7.98. The minimum atomic E-state index is 0.537. The van der Waals surface area contributed by atoms with Gasteiger partial charge in [0, 0.05) is 24.9 Å². The Morgan fingerprint density at radius 1 is 1.21 bits per heavy atom. The van der Waals surface area contributed by atoms with Crippen molar-refractivity contribution < 1.29 is 0 Å². The van der Waals surface area contributed by atoms with Crippen LogP contribution in [0.3, 0.4) is 0 Å². The van der Waals surface area contributed by atoms with Gasteiger partial charge in [0.05, 0.1) is 0 Å². The molecule has 19 heavy (non-hydrogen) atoms. The van der Waals surface area contributed by atoms with Crippen LogP contribution in [-0.2, 0) is 0 Å². The lowest BCUT2D eigenvalue weighted by Crippen LogP contribution is -2.47. The van der Waals surface area contributed by atoms with E-state index in [0.29, 0.717) is 5.41 Å². The molecule has 0 spiro atoms. The summed E-state index contributed by atoms with van der Waals surface area (Å²) in [5, 5.41) is 3.62. The molecule has 1 atom stereocenters. The average Bonchev–Trinajstić information content (AvgIpc) is 2.43. The van der Waals surface area contributed by atoms with Crippen LogP contribution in [0.15, 0.2) is 0 Å². The molecule has 0 aromatic carbocycles. The van der Waals surface area contributed by atoms with Gasteiger partial charge < -0.3 is 10.2 Å². The minimum Gasteiger partial charge on any atom is -0.316 e. The van der Waals surface area contributed by atoms with Gasteiger partial charge in [-0.3, -0.25) is 0 Å². The molecule has 0 saturated heterocycles. The lowest BCUT2D eigenvalue weighted by atomic mass is 9.73. The maximum atomic E-state index is 3.62. The largest absolute Gasteiger partial charge is 0.316 e. The molecule has 1 aliphatic rings. The first-order valence-electron chi connectivity index (χ1n) is 8.07. The molecule has 1 unspecified atom stereocenters. The fourth-order valence-electron chi connectivity index (χ4n) is 3.49. The fourth-order valence-corrected chi connectivity index (χ4v) is 4.37. The summed E-state index contributed by atoms with van der Waals surface area (Å²) < 4.78 is 0. The Bertz CT molecular complexity index is 227. The van der Waals surface area contributed by atoms with Crippen LogP contribution in [0.5, 0.6) is 0 Å².